The highest BCUT2D eigenvalue weighted by atomic mass is 16.5. The van der Waals surface area contributed by atoms with E-state index in [1.165, 1.54) is 12.5 Å². The van der Waals surface area contributed by atoms with Crippen LogP contribution in [-0.2, 0) is 23.9 Å². The maximum absolute atomic E-state index is 13.7. The third kappa shape index (κ3) is 4.22. The Hall–Kier alpha value is -1.53. The Morgan fingerprint density at radius 2 is 1.94 bits per heavy atom. The first kappa shape index (κ1) is 26.5. The first-order chi connectivity index (χ1) is 16.5. The van der Waals surface area contributed by atoms with E-state index in [1.807, 2.05) is 6.08 Å². The normalized spacial score (nSPS) is 42.5. The lowest BCUT2D eigenvalue weighted by atomic mass is 9.44. The van der Waals surface area contributed by atoms with Gasteiger partial charge in [0.15, 0.2) is 12.4 Å². The topological polar surface area (TPSA) is 89.9 Å². The van der Waals surface area contributed by atoms with E-state index in [-0.39, 0.29) is 47.3 Å². The Morgan fingerprint density at radius 1 is 1.20 bits per heavy atom. The molecule has 0 aromatic rings. The minimum absolute atomic E-state index is 0.0792. The Balaban J connectivity index is 1.69. The fourth-order valence-corrected chi connectivity index (χ4v) is 8.77. The van der Waals surface area contributed by atoms with E-state index in [0.29, 0.717) is 25.9 Å². The second-order valence-corrected chi connectivity index (χ2v) is 12.2. The van der Waals surface area contributed by atoms with Crippen molar-refractivity contribution in [2.24, 2.45) is 34.5 Å². The summed E-state index contributed by atoms with van der Waals surface area (Å²) in [5, 5.41) is 11.8. The van der Waals surface area contributed by atoms with Gasteiger partial charge in [0.05, 0.1) is 6.10 Å². The first-order valence-corrected chi connectivity index (χ1v) is 13.7. The number of Topliss-reactive ketones (excluding diaryl/α,β-unsaturated/α-hetero) is 1. The molecule has 3 saturated carbocycles. The summed E-state index contributed by atoms with van der Waals surface area (Å²) in [5.41, 5.74) is -0.552. The van der Waals surface area contributed by atoms with Crippen LogP contribution in [0.5, 0.6) is 0 Å². The molecular weight excluding hydrogens is 444 g/mol. The van der Waals surface area contributed by atoms with Gasteiger partial charge in [-0.05, 0) is 73.7 Å². The molecule has 0 aliphatic heterocycles. The lowest BCUT2D eigenvalue weighted by Gasteiger charge is -2.62. The SMILES string of the molecule is CCCCCO[C@]1(C(=O)COC(C)=O)CC[C@H]2[C@@H]3CC(C)C4=CC(=O)CC[C@]4(C)[C@H]3C(O)C[C@@]21C. The van der Waals surface area contributed by atoms with Crippen molar-refractivity contribution < 1.29 is 29.0 Å². The van der Waals surface area contributed by atoms with Crippen LogP contribution in [0.15, 0.2) is 11.6 Å². The summed E-state index contributed by atoms with van der Waals surface area (Å²) >= 11 is 0. The van der Waals surface area contributed by atoms with Gasteiger partial charge in [-0.1, -0.05) is 46.1 Å². The van der Waals surface area contributed by atoms with E-state index in [4.69, 9.17) is 9.47 Å². The Labute approximate surface area is 210 Å². The smallest absolute Gasteiger partial charge is 0.303 e. The Bertz CT molecular complexity index is 894. The van der Waals surface area contributed by atoms with E-state index in [9.17, 15) is 19.5 Å². The van der Waals surface area contributed by atoms with E-state index in [0.717, 1.165) is 38.5 Å². The van der Waals surface area contributed by atoms with Crippen LogP contribution in [0.1, 0.15) is 92.4 Å². The van der Waals surface area contributed by atoms with Gasteiger partial charge < -0.3 is 14.6 Å². The number of rotatable bonds is 8. The molecule has 0 aromatic heterocycles. The molecule has 0 bridgehead atoms. The number of hydrogen-bond acceptors (Lipinski definition) is 6. The van der Waals surface area contributed by atoms with Crippen molar-refractivity contribution in [3.05, 3.63) is 11.6 Å². The molecule has 0 radical (unpaired) electrons. The molecule has 8 atom stereocenters. The van der Waals surface area contributed by atoms with Crippen LogP contribution in [0.4, 0.5) is 0 Å². The van der Waals surface area contributed by atoms with Crippen LogP contribution in [0, 0.1) is 34.5 Å². The molecule has 0 heterocycles. The molecule has 4 aliphatic rings. The van der Waals surface area contributed by atoms with Gasteiger partial charge in [-0.3, -0.25) is 14.4 Å². The van der Waals surface area contributed by atoms with Gasteiger partial charge in [0.2, 0.25) is 5.78 Å². The molecule has 6 heteroatoms. The van der Waals surface area contributed by atoms with Crippen molar-refractivity contribution in [3.63, 3.8) is 0 Å². The molecule has 6 nitrogen and oxygen atoms in total. The fraction of sp³-hybridized carbons (Fsp3) is 0.828. The van der Waals surface area contributed by atoms with Crippen LogP contribution in [0.3, 0.4) is 0 Å². The van der Waals surface area contributed by atoms with Crippen molar-refractivity contribution in [3.8, 4) is 0 Å². The zero-order chi connectivity index (χ0) is 25.6. The molecule has 0 saturated heterocycles. The number of hydrogen-bond donors (Lipinski definition) is 1. The third-order valence-corrected chi connectivity index (χ3v) is 10.3. The molecule has 4 aliphatic carbocycles. The highest BCUT2D eigenvalue weighted by Crippen LogP contribution is 2.69. The van der Waals surface area contributed by atoms with Crippen molar-refractivity contribution in [1.82, 2.24) is 0 Å². The predicted octanol–water partition coefficient (Wildman–Crippen LogP) is 4.81. The highest BCUT2D eigenvalue weighted by molar-refractivity contribution is 5.92. The van der Waals surface area contributed by atoms with Crippen molar-refractivity contribution in [2.75, 3.05) is 13.2 Å². The van der Waals surface area contributed by atoms with E-state index >= 15 is 0 Å². The quantitative estimate of drug-likeness (QED) is 0.389. The number of ketones is 2. The van der Waals surface area contributed by atoms with Gasteiger partial charge in [-0.15, -0.1) is 0 Å². The summed E-state index contributed by atoms with van der Waals surface area (Å²) in [6.45, 7) is 10.3. The molecule has 196 valence electrons. The number of allylic oxidation sites excluding steroid dienone is 1. The second-order valence-electron chi connectivity index (χ2n) is 12.2. The molecule has 0 spiro atoms. The summed E-state index contributed by atoms with van der Waals surface area (Å²) in [7, 11) is 0. The first-order valence-electron chi connectivity index (χ1n) is 13.7. The standard InChI is InChI=1S/C29H44O6/c1-6-7-8-13-35-29(25(33)17-34-19(3)30)12-10-22-21-14-18(2)23-15-20(31)9-11-27(23,4)26(21)24(32)16-28(22,29)5/h15,18,21-22,24,26,32H,6-14,16-17H2,1-5H3/t18?,21-,22-,24?,26+,27-,28-,29-/m0/s1. The molecule has 0 amide bonds. The average molecular weight is 489 g/mol. The monoisotopic (exact) mass is 488 g/mol. The van der Waals surface area contributed by atoms with Gasteiger partial charge in [0, 0.05) is 25.4 Å². The van der Waals surface area contributed by atoms with E-state index in [1.54, 1.807) is 0 Å². The molecule has 0 aromatic carbocycles. The van der Waals surface area contributed by atoms with Crippen LogP contribution < -0.4 is 0 Å². The van der Waals surface area contributed by atoms with Gasteiger partial charge in [0.1, 0.15) is 5.60 Å². The Morgan fingerprint density at radius 3 is 2.63 bits per heavy atom. The number of ether oxygens (including phenoxy) is 2. The van der Waals surface area contributed by atoms with Crippen molar-refractivity contribution in [1.29, 1.82) is 0 Å². The largest absolute Gasteiger partial charge is 0.458 e. The van der Waals surface area contributed by atoms with Gasteiger partial charge in [0.25, 0.3) is 0 Å². The van der Waals surface area contributed by atoms with Gasteiger partial charge >= 0.3 is 5.97 Å². The Kier molecular flexibility index (Phi) is 7.38. The number of carbonyl (C=O) groups is 3. The van der Waals surface area contributed by atoms with Gasteiger partial charge in [-0.2, -0.15) is 0 Å². The van der Waals surface area contributed by atoms with Crippen molar-refractivity contribution in [2.45, 2.75) is 104 Å². The second kappa shape index (κ2) is 9.74. The molecule has 4 rings (SSSR count). The minimum atomic E-state index is -1.05. The zero-order valence-electron chi connectivity index (χ0n) is 22.2. The predicted molar refractivity (Wildman–Crippen MR) is 132 cm³/mol. The van der Waals surface area contributed by atoms with E-state index in [2.05, 4.69) is 27.7 Å². The van der Waals surface area contributed by atoms with Crippen molar-refractivity contribution >= 4 is 17.5 Å². The summed E-state index contributed by atoms with van der Waals surface area (Å²) in [5.74, 6) is 0.419. The number of aliphatic hydroxyl groups is 1. The summed E-state index contributed by atoms with van der Waals surface area (Å²) in [6.07, 6.45) is 8.46. The molecule has 1 N–H and O–H groups in total. The lowest BCUT2D eigenvalue weighted by Crippen LogP contribution is -2.63. The molecular formula is C29H44O6. The average Bonchev–Trinajstić information content (AvgIpc) is 3.08. The van der Waals surface area contributed by atoms with Crippen LogP contribution in [0.2, 0.25) is 0 Å². The summed E-state index contributed by atoms with van der Waals surface area (Å²) < 4.78 is 11.7. The lowest BCUT2D eigenvalue weighted by molar-refractivity contribution is -0.199. The molecule has 2 unspecified atom stereocenters. The maximum Gasteiger partial charge on any atom is 0.303 e. The molecule has 3 fully saturated rings. The number of aliphatic hydroxyl groups excluding tert-OH is 1. The number of fused-ring (bicyclic) bond motifs is 5. The number of esters is 1. The highest BCUT2D eigenvalue weighted by Gasteiger charge is 2.69. The maximum atomic E-state index is 13.7. The fourth-order valence-electron chi connectivity index (χ4n) is 8.77. The van der Waals surface area contributed by atoms with E-state index < -0.39 is 23.1 Å². The number of unbranched alkanes of at least 4 members (excludes halogenated alkanes) is 2. The summed E-state index contributed by atoms with van der Waals surface area (Å²) in [4.78, 5) is 37.5. The van der Waals surface area contributed by atoms with Crippen LogP contribution in [0.25, 0.3) is 0 Å². The number of carbonyl (C=O) groups excluding carboxylic acids is 3. The van der Waals surface area contributed by atoms with Gasteiger partial charge in [-0.25, -0.2) is 0 Å². The minimum Gasteiger partial charge on any atom is -0.458 e. The summed E-state index contributed by atoms with van der Waals surface area (Å²) in [6, 6.07) is 0. The zero-order valence-corrected chi connectivity index (χ0v) is 22.2. The van der Waals surface area contributed by atoms with Crippen LogP contribution >= 0.6 is 0 Å². The third-order valence-electron chi connectivity index (χ3n) is 10.3. The van der Waals surface area contributed by atoms with Crippen LogP contribution in [-0.4, -0.2) is 47.6 Å². The molecule has 35 heavy (non-hydrogen) atoms.